The Hall–Kier alpha value is -1.42. The average molecular weight is 346 g/mol. The van der Waals surface area contributed by atoms with Gasteiger partial charge in [-0.1, -0.05) is 24.3 Å². The minimum absolute atomic E-state index is 0.564. The first-order chi connectivity index (χ1) is 10.1. The fourth-order valence-corrected chi connectivity index (χ4v) is 2.98. The fourth-order valence-electron chi connectivity index (χ4n) is 2.70. The molecule has 2 aliphatic rings. The number of hydrogen-bond donors (Lipinski definition) is 1. The second-order valence-electron chi connectivity index (χ2n) is 5.77. The van der Waals surface area contributed by atoms with E-state index < -0.39 is 0 Å². The van der Waals surface area contributed by atoms with Crippen molar-refractivity contribution in [1.29, 1.82) is 0 Å². The van der Waals surface area contributed by atoms with Crippen molar-refractivity contribution >= 4 is 21.7 Å². The summed E-state index contributed by atoms with van der Waals surface area (Å²) in [4.78, 5) is 8.57. The second-order valence-corrected chi connectivity index (χ2v) is 6.52. The van der Waals surface area contributed by atoms with Crippen LogP contribution in [-0.2, 0) is 12.8 Å². The second kappa shape index (κ2) is 6.14. The van der Waals surface area contributed by atoms with E-state index >= 15 is 0 Å². The zero-order valence-corrected chi connectivity index (χ0v) is 13.9. The smallest absolute Gasteiger partial charge is 0.145 e. The third-order valence-electron chi connectivity index (χ3n) is 4.04. The molecule has 0 unspecified atom stereocenters. The normalized spacial score (nSPS) is 16.1. The predicted molar refractivity (Wildman–Crippen MR) is 89.3 cm³/mol. The van der Waals surface area contributed by atoms with E-state index in [-0.39, 0.29) is 0 Å². The van der Waals surface area contributed by atoms with Gasteiger partial charge in [-0.25, -0.2) is 9.97 Å². The highest BCUT2D eigenvalue weighted by molar-refractivity contribution is 9.10. The Morgan fingerprint density at radius 1 is 1.10 bits per heavy atom. The number of benzene rings is 1. The van der Waals surface area contributed by atoms with Crippen molar-refractivity contribution in [3.8, 4) is 0 Å². The standard InChI is InChI=1S/C9H10.C8H10BrN3/c1-2-5-9-7-3-6-8(9)4-1;1-4-7(9)12-6(5-2-3-5)8(10)11-4/h1-2,4-5H,3,6-7H2;5H,2-3H2,1H3,(H2,10,11). The molecule has 0 saturated heterocycles. The van der Waals surface area contributed by atoms with Gasteiger partial charge in [-0.05, 0) is 66.1 Å². The van der Waals surface area contributed by atoms with Gasteiger partial charge in [0.1, 0.15) is 10.4 Å². The average Bonchev–Trinajstić information content (AvgIpc) is 3.20. The number of aryl methyl sites for hydroxylation is 3. The summed E-state index contributed by atoms with van der Waals surface area (Å²) in [6, 6.07) is 8.74. The molecule has 0 atom stereocenters. The number of rotatable bonds is 1. The van der Waals surface area contributed by atoms with Crippen molar-refractivity contribution in [2.24, 2.45) is 0 Å². The first-order valence-electron chi connectivity index (χ1n) is 7.51. The summed E-state index contributed by atoms with van der Waals surface area (Å²) in [5, 5.41) is 0. The van der Waals surface area contributed by atoms with Crippen LogP contribution in [0.4, 0.5) is 5.82 Å². The molecular formula is C17H20BrN3. The van der Waals surface area contributed by atoms with E-state index in [1.54, 1.807) is 11.1 Å². The summed E-state index contributed by atoms with van der Waals surface area (Å²) in [6.07, 6.45) is 6.37. The molecule has 0 radical (unpaired) electrons. The van der Waals surface area contributed by atoms with Crippen molar-refractivity contribution in [1.82, 2.24) is 9.97 Å². The van der Waals surface area contributed by atoms with Crippen LogP contribution in [0.2, 0.25) is 0 Å². The van der Waals surface area contributed by atoms with E-state index in [9.17, 15) is 0 Å². The lowest BCUT2D eigenvalue weighted by Crippen LogP contribution is -2.02. The molecule has 21 heavy (non-hydrogen) atoms. The summed E-state index contributed by atoms with van der Waals surface area (Å²) in [7, 11) is 0. The maximum atomic E-state index is 5.74. The summed E-state index contributed by atoms with van der Waals surface area (Å²) in [5.41, 5.74) is 10.7. The van der Waals surface area contributed by atoms with Crippen LogP contribution in [0.5, 0.6) is 0 Å². The predicted octanol–water partition coefficient (Wildman–Crippen LogP) is 4.18. The highest BCUT2D eigenvalue weighted by atomic mass is 79.9. The molecule has 110 valence electrons. The molecular weight excluding hydrogens is 326 g/mol. The van der Waals surface area contributed by atoms with Gasteiger partial charge in [-0.15, -0.1) is 0 Å². The minimum Gasteiger partial charge on any atom is -0.382 e. The topological polar surface area (TPSA) is 51.8 Å². The molecule has 2 aliphatic carbocycles. The van der Waals surface area contributed by atoms with Crippen LogP contribution in [0.25, 0.3) is 0 Å². The van der Waals surface area contributed by atoms with E-state index in [0.717, 1.165) is 16.0 Å². The number of nitrogens with zero attached hydrogens (tertiary/aromatic N) is 2. The van der Waals surface area contributed by atoms with Crippen molar-refractivity contribution in [2.45, 2.75) is 44.9 Å². The van der Waals surface area contributed by atoms with Gasteiger partial charge < -0.3 is 5.73 Å². The van der Waals surface area contributed by atoms with Gasteiger partial charge in [0.25, 0.3) is 0 Å². The van der Waals surface area contributed by atoms with Gasteiger partial charge in [-0.3, -0.25) is 0 Å². The van der Waals surface area contributed by atoms with Crippen LogP contribution >= 0.6 is 15.9 Å². The minimum atomic E-state index is 0.564. The zero-order valence-electron chi connectivity index (χ0n) is 12.3. The van der Waals surface area contributed by atoms with E-state index in [2.05, 4.69) is 50.2 Å². The lowest BCUT2D eigenvalue weighted by atomic mass is 10.1. The SMILES string of the molecule is Cc1nc(N)c(C2CC2)nc1Br.c1ccc2c(c1)CCC2. The van der Waals surface area contributed by atoms with E-state index in [4.69, 9.17) is 5.73 Å². The Morgan fingerprint density at radius 2 is 1.71 bits per heavy atom. The number of halogens is 1. The number of anilines is 1. The van der Waals surface area contributed by atoms with Gasteiger partial charge in [0.15, 0.2) is 0 Å². The van der Waals surface area contributed by atoms with Crippen LogP contribution < -0.4 is 5.73 Å². The zero-order chi connectivity index (χ0) is 14.8. The monoisotopic (exact) mass is 345 g/mol. The van der Waals surface area contributed by atoms with Crippen LogP contribution in [0.1, 0.15) is 47.7 Å². The van der Waals surface area contributed by atoms with Crippen LogP contribution in [-0.4, -0.2) is 9.97 Å². The Bertz CT molecular complexity index is 627. The molecule has 4 rings (SSSR count). The first kappa shape index (κ1) is 14.5. The number of aromatic nitrogens is 2. The summed E-state index contributed by atoms with van der Waals surface area (Å²) in [5.74, 6) is 1.16. The van der Waals surface area contributed by atoms with E-state index in [1.807, 2.05) is 6.92 Å². The highest BCUT2D eigenvalue weighted by Crippen LogP contribution is 2.41. The molecule has 1 saturated carbocycles. The molecule has 0 amide bonds. The molecule has 3 nitrogen and oxygen atoms in total. The first-order valence-corrected chi connectivity index (χ1v) is 8.30. The van der Waals surface area contributed by atoms with Crippen molar-refractivity contribution in [2.75, 3.05) is 5.73 Å². The summed E-state index contributed by atoms with van der Waals surface area (Å²) >= 11 is 3.35. The van der Waals surface area contributed by atoms with Crippen LogP contribution in [0.15, 0.2) is 28.9 Å². The lowest BCUT2D eigenvalue weighted by Gasteiger charge is -2.04. The highest BCUT2D eigenvalue weighted by Gasteiger charge is 2.28. The summed E-state index contributed by atoms with van der Waals surface area (Å²) < 4.78 is 0.818. The number of fused-ring (bicyclic) bond motifs is 1. The quantitative estimate of drug-likeness (QED) is 0.843. The number of hydrogen-bond acceptors (Lipinski definition) is 3. The Morgan fingerprint density at radius 3 is 2.29 bits per heavy atom. The van der Waals surface area contributed by atoms with Gasteiger partial charge in [0.2, 0.25) is 0 Å². The molecule has 1 aromatic heterocycles. The van der Waals surface area contributed by atoms with E-state index in [0.29, 0.717) is 11.7 Å². The molecule has 1 aromatic carbocycles. The molecule has 0 spiro atoms. The largest absolute Gasteiger partial charge is 0.382 e. The molecule has 0 bridgehead atoms. The third-order valence-corrected chi connectivity index (χ3v) is 4.79. The van der Waals surface area contributed by atoms with Gasteiger partial charge in [0, 0.05) is 5.92 Å². The number of nitrogen functional groups attached to an aromatic ring is 1. The molecule has 1 fully saturated rings. The molecule has 4 heteroatoms. The van der Waals surface area contributed by atoms with Crippen molar-refractivity contribution in [3.63, 3.8) is 0 Å². The fraction of sp³-hybridized carbons (Fsp3) is 0.412. The van der Waals surface area contributed by atoms with Gasteiger partial charge in [-0.2, -0.15) is 0 Å². The molecule has 2 aromatic rings. The van der Waals surface area contributed by atoms with Crippen LogP contribution in [0, 0.1) is 6.92 Å². The maximum absolute atomic E-state index is 5.74. The van der Waals surface area contributed by atoms with Crippen LogP contribution in [0.3, 0.4) is 0 Å². The van der Waals surface area contributed by atoms with Gasteiger partial charge >= 0.3 is 0 Å². The molecule has 2 N–H and O–H groups in total. The molecule has 1 heterocycles. The van der Waals surface area contributed by atoms with Crippen molar-refractivity contribution < 1.29 is 0 Å². The lowest BCUT2D eigenvalue weighted by molar-refractivity contribution is 0.912. The van der Waals surface area contributed by atoms with E-state index in [1.165, 1.54) is 32.1 Å². The summed E-state index contributed by atoms with van der Waals surface area (Å²) in [6.45, 7) is 1.89. The Labute approximate surface area is 134 Å². The number of nitrogens with two attached hydrogens (primary N) is 1. The van der Waals surface area contributed by atoms with Crippen molar-refractivity contribution in [3.05, 3.63) is 51.4 Å². The van der Waals surface area contributed by atoms with Gasteiger partial charge in [0.05, 0.1) is 11.4 Å². The maximum Gasteiger partial charge on any atom is 0.145 e. The molecule has 0 aliphatic heterocycles. The third kappa shape index (κ3) is 3.43. The Balaban J connectivity index is 0.000000131. The Kier molecular flexibility index (Phi) is 4.24.